The summed E-state index contributed by atoms with van der Waals surface area (Å²) in [5.41, 5.74) is 2.37. The number of carbonyl (C=O) groups excluding carboxylic acids is 2. The Morgan fingerprint density at radius 2 is 2.12 bits per heavy atom. The van der Waals surface area contributed by atoms with E-state index in [1.807, 2.05) is 34.9 Å². The highest BCUT2D eigenvalue weighted by Gasteiger charge is 2.36. The fourth-order valence-electron chi connectivity index (χ4n) is 4.10. The van der Waals surface area contributed by atoms with E-state index in [1.54, 1.807) is 0 Å². The van der Waals surface area contributed by atoms with E-state index >= 15 is 0 Å². The van der Waals surface area contributed by atoms with Gasteiger partial charge in [-0.15, -0.1) is 0 Å². The van der Waals surface area contributed by atoms with Crippen molar-refractivity contribution in [3.05, 3.63) is 29.6 Å². The number of imidazole rings is 1. The van der Waals surface area contributed by atoms with E-state index < -0.39 is 6.67 Å². The van der Waals surface area contributed by atoms with Crippen LogP contribution in [0.2, 0.25) is 0 Å². The molecule has 3 heterocycles. The minimum Gasteiger partial charge on any atom is -0.342 e. The predicted octanol–water partition coefficient (Wildman–Crippen LogP) is 2.29. The van der Waals surface area contributed by atoms with Crippen LogP contribution in [-0.4, -0.2) is 63.9 Å². The molecule has 0 bridgehead atoms. The first kappa shape index (κ1) is 17.0. The van der Waals surface area contributed by atoms with Crippen molar-refractivity contribution in [1.29, 1.82) is 0 Å². The van der Waals surface area contributed by atoms with Gasteiger partial charge in [0.05, 0.1) is 17.7 Å². The van der Waals surface area contributed by atoms with Crippen molar-refractivity contribution in [1.82, 2.24) is 19.8 Å². The maximum absolute atomic E-state index is 12.8. The van der Waals surface area contributed by atoms with Crippen LogP contribution in [0.15, 0.2) is 18.2 Å². The summed E-state index contributed by atoms with van der Waals surface area (Å²) in [6.45, 7) is 3.21. The molecule has 6 nitrogen and oxygen atoms in total. The molecule has 1 aromatic carbocycles. The van der Waals surface area contributed by atoms with Gasteiger partial charge in [-0.1, -0.05) is 0 Å². The van der Waals surface area contributed by atoms with Gasteiger partial charge < -0.3 is 14.8 Å². The molecule has 1 atom stereocenters. The molecule has 7 heteroatoms. The van der Waals surface area contributed by atoms with Gasteiger partial charge in [0, 0.05) is 43.6 Å². The third-order valence-electron chi connectivity index (χ3n) is 5.50. The van der Waals surface area contributed by atoms with Gasteiger partial charge in [0.2, 0.25) is 5.91 Å². The normalized spacial score (nSPS) is 21.8. The lowest BCUT2D eigenvalue weighted by Gasteiger charge is -2.37. The number of hydrogen-bond acceptors (Lipinski definition) is 3. The molecule has 2 saturated heterocycles. The molecular weight excluding hydrogens is 335 g/mol. The summed E-state index contributed by atoms with van der Waals surface area (Å²) < 4.78 is 12.8. The molecule has 0 spiro atoms. The molecule has 1 aromatic heterocycles. The van der Waals surface area contributed by atoms with Crippen LogP contribution in [0.3, 0.4) is 0 Å². The predicted molar refractivity (Wildman–Crippen MR) is 95.6 cm³/mol. The second kappa shape index (κ2) is 6.70. The third kappa shape index (κ3) is 3.06. The molecule has 2 aliphatic heterocycles. The molecule has 26 heavy (non-hydrogen) atoms. The van der Waals surface area contributed by atoms with Gasteiger partial charge in [-0.2, -0.15) is 0 Å². The minimum atomic E-state index is -0.435. The Morgan fingerprint density at radius 3 is 2.81 bits per heavy atom. The van der Waals surface area contributed by atoms with E-state index in [0.29, 0.717) is 31.6 Å². The topological polar surface area (TPSA) is 69.3 Å². The fraction of sp³-hybridized carbons (Fsp3) is 0.526. The summed E-state index contributed by atoms with van der Waals surface area (Å²) in [6, 6.07) is 5.64. The zero-order chi connectivity index (χ0) is 18.3. The van der Waals surface area contributed by atoms with Gasteiger partial charge in [-0.3, -0.25) is 14.0 Å². The monoisotopic (exact) mass is 358 g/mol. The van der Waals surface area contributed by atoms with Crippen LogP contribution in [0.1, 0.15) is 35.4 Å². The average molecular weight is 358 g/mol. The number of alkyl halides is 1. The number of aromatic nitrogens is 2. The number of nitrogens with zero attached hydrogens (tertiary/aromatic N) is 3. The van der Waals surface area contributed by atoms with Crippen LogP contribution in [0, 0.1) is 12.8 Å². The third-order valence-corrected chi connectivity index (χ3v) is 5.50. The van der Waals surface area contributed by atoms with Gasteiger partial charge in [-0.05, 0) is 38.0 Å². The molecule has 1 N–H and O–H groups in total. The molecule has 2 aromatic rings. The number of H-pyrrole nitrogens is 1. The second-order valence-corrected chi connectivity index (χ2v) is 7.35. The zero-order valence-electron chi connectivity index (χ0n) is 14.9. The van der Waals surface area contributed by atoms with E-state index in [1.165, 1.54) is 0 Å². The molecule has 1 unspecified atom stereocenters. The van der Waals surface area contributed by atoms with E-state index in [2.05, 4.69) is 9.97 Å². The Balaban J connectivity index is 1.40. The first-order chi connectivity index (χ1) is 12.5. The quantitative estimate of drug-likeness (QED) is 0.915. The van der Waals surface area contributed by atoms with Crippen LogP contribution in [0.5, 0.6) is 0 Å². The van der Waals surface area contributed by atoms with Crippen molar-refractivity contribution < 1.29 is 14.0 Å². The Labute approximate surface area is 151 Å². The fourth-order valence-corrected chi connectivity index (χ4v) is 4.10. The highest BCUT2D eigenvalue weighted by molar-refractivity contribution is 5.97. The number of nitrogens with one attached hydrogen (secondary N) is 1. The number of halogens is 1. The van der Waals surface area contributed by atoms with Crippen LogP contribution in [-0.2, 0) is 4.79 Å². The number of amides is 2. The highest BCUT2D eigenvalue weighted by Crippen LogP contribution is 2.26. The van der Waals surface area contributed by atoms with Crippen molar-refractivity contribution in [2.45, 2.75) is 32.2 Å². The van der Waals surface area contributed by atoms with Crippen molar-refractivity contribution in [2.75, 3.05) is 26.3 Å². The minimum absolute atomic E-state index is 0.00647. The molecule has 0 radical (unpaired) electrons. The summed E-state index contributed by atoms with van der Waals surface area (Å²) in [6.07, 6.45) is 1.82. The second-order valence-electron chi connectivity index (χ2n) is 7.35. The zero-order valence-corrected chi connectivity index (χ0v) is 14.9. The summed E-state index contributed by atoms with van der Waals surface area (Å²) in [5.74, 6) is 0.725. The van der Waals surface area contributed by atoms with Crippen molar-refractivity contribution in [3.8, 4) is 0 Å². The standard InChI is InChI=1S/C19H23FN4O2/c1-12-21-16-3-2-14(9-17(16)22-12)19(26)23-6-4-15(5-7-23)24-11-13(10-20)8-18(24)25/h2-3,9,13,15H,4-8,10-11H2,1H3,(H,21,22). The molecule has 2 amide bonds. The van der Waals surface area contributed by atoms with Gasteiger partial charge in [-0.25, -0.2) is 4.98 Å². The number of hydrogen-bond donors (Lipinski definition) is 1. The molecule has 4 rings (SSSR count). The largest absolute Gasteiger partial charge is 0.342 e. The SMILES string of the molecule is Cc1nc2ccc(C(=O)N3CCC(N4CC(CF)CC4=O)CC3)cc2[nH]1. The van der Waals surface area contributed by atoms with E-state index in [9.17, 15) is 14.0 Å². The summed E-state index contributed by atoms with van der Waals surface area (Å²) in [5, 5.41) is 0. The maximum atomic E-state index is 12.8. The smallest absolute Gasteiger partial charge is 0.253 e. The van der Waals surface area contributed by atoms with Gasteiger partial charge in [0.1, 0.15) is 5.82 Å². The van der Waals surface area contributed by atoms with E-state index in [-0.39, 0.29) is 23.8 Å². The Kier molecular flexibility index (Phi) is 4.38. The number of fused-ring (bicyclic) bond motifs is 1. The first-order valence-electron chi connectivity index (χ1n) is 9.16. The van der Waals surface area contributed by atoms with Gasteiger partial charge >= 0.3 is 0 Å². The Bertz CT molecular complexity index is 841. The molecule has 0 aliphatic carbocycles. The number of rotatable bonds is 3. The molecule has 2 aliphatic rings. The molecule has 0 saturated carbocycles. The van der Waals surface area contributed by atoms with Crippen molar-refractivity contribution >= 4 is 22.8 Å². The molecule has 2 fully saturated rings. The highest BCUT2D eigenvalue weighted by atomic mass is 19.1. The Morgan fingerprint density at radius 1 is 1.35 bits per heavy atom. The van der Waals surface area contributed by atoms with Crippen LogP contribution in [0.4, 0.5) is 4.39 Å². The lowest BCUT2D eigenvalue weighted by atomic mass is 10.0. The summed E-state index contributed by atoms with van der Waals surface area (Å²) in [7, 11) is 0. The number of piperidine rings is 1. The van der Waals surface area contributed by atoms with Gasteiger partial charge in [0.25, 0.3) is 5.91 Å². The van der Waals surface area contributed by atoms with E-state index in [4.69, 9.17) is 0 Å². The number of likely N-dealkylation sites (tertiary alicyclic amines) is 2. The van der Waals surface area contributed by atoms with Crippen molar-refractivity contribution in [2.24, 2.45) is 5.92 Å². The maximum Gasteiger partial charge on any atom is 0.253 e. The van der Waals surface area contributed by atoms with Crippen LogP contribution >= 0.6 is 0 Å². The number of carbonyl (C=O) groups is 2. The first-order valence-corrected chi connectivity index (χ1v) is 9.16. The number of aromatic amines is 1. The molecular formula is C19H23FN4O2. The lowest BCUT2D eigenvalue weighted by Crippen LogP contribution is -2.47. The number of aryl methyl sites for hydroxylation is 1. The van der Waals surface area contributed by atoms with E-state index in [0.717, 1.165) is 29.7 Å². The summed E-state index contributed by atoms with van der Waals surface area (Å²) in [4.78, 5) is 36.1. The Hall–Kier alpha value is -2.44. The summed E-state index contributed by atoms with van der Waals surface area (Å²) >= 11 is 0. The average Bonchev–Trinajstić information content (AvgIpc) is 3.21. The molecule has 138 valence electrons. The van der Waals surface area contributed by atoms with Crippen molar-refractivity contribution in [3.63, 3.8) is 0 Å². The van der Waals surface area contributed by atoms with Crippen LogP contribution < -0.4 is 0 Å². The number of benzene rings is 1. The van der Waals surface area contributed by atoms with Crippen LogP contribution in [0.25, 0.3) is 11.0 Å². The van der Waals surface area contributed by atoms with Gasteiger partial charge in [0.15, 0.2) is 0 Å². The lowest BCUT2D eigenvalue weighted by molar-refractivity contribution is -0.130.